The Labute approximate surface area is 304 Å². The van der Waals surface area contributed by atoms with Crippen molar-refractivity contribution in [2.75, 3.05) is 57.4 Å². The number of aromatic hydroxyl groups is 1. The molecule has 0 saturated carbocycles. The molecule has 2 aromatic heterocycles. The highest BCUT2D eigenvalue weighted by molar-refractivity contribution is 6.18. The molecule has 1 N–H and O–H groups in total. The quantitative estimate of drug-likeness (QED) is 0.217. The number of hydrogen-bond donors (Lipinski definition) is 1. The van der Waals surface area contributed by atoms with Crippen LogP contribution in [0.5, 0.6) is 11.8 Å². The summed E-state index contributed by atoms with van der Waals surface area (Å²) < 4.78 is 61.2. The number of piperazine rings is 1. The highest BCUT2D eigenvalue weighted by Crippen LogP contribution is 2.47. The molecule has 0 unspecified atom stereocenters. The SMILES string of the molecule is C#Cc1c(F)ccc2cc(O)cc(-c3c(F)c4nc(OC[C@@]56CCCN5C[C@H](F)C6)nc(N5[C@@H]6CC[C@H]5CN(CC5COC5)C6)c4c4cn(C)nc34)c12. The van der Waals surface area contributed by atoms with E-state index >= 15 is 8.78 Å². The lowest BCUT2D eigenvalue weighted by atomic mass is 9.91. The van der Waals surface area contributed by atoms with E-state index in [0.717, 1.165) is 65.1 Å². The first-order valence-electron chi connectivity index (χ1n) is 18.6. The second-order valence-corrected chi connectivity index (χ2v) is 15.7. The van der Waals surface area contributed by atoms with E-state index in [2.05, 4.69) is 20.6 Å². The van der Waals surface area contributed by atoms with Crippen LogP contribution in [0.25, 0.3) is 43.7 Å². The summed E-state index contributed by atoms with van der Waals surface area (Å²) in [5.41, 5.74) is 0.0813. The number of halogens is 3. The van der Waals surface area contributed by atoms with Crippen LogP contribution in [0.15, 0.2) is 30.5 Å². The lowest BCUT2D eigenvalue weighted by Gasteiger charge is -2.44. The molecule has 10 nitrogen and oxygen atoms in total. The summed E-state index contributed by atoms with van der Waals surface area (Å²) >= 11 is 0. The van der Waals surface area contributed by atoms with Crippen molar-refractivity contribution in [2.45, 2.75) is 55.9 Å². The van der Waals surface area contributed by atoms with Gasteiger partial charge in [-0.1, -0.05) is 12.0 Å². The summed E-state index contributed by atoms with van der Waals surface area (Å²) in [6, 6.07) is 5.92. The van der Waals surface area contributed by atoms with Gasteiger partial charge in [-0.25, -0.2) is 13.2 Å². The van der Waals surface area contributed by atoms with Gasteiger partial charge in [0, 0.05) is 80.2 Å². The van der Waals surface area contributed by atoms with Crippen LogP contribution in [-0.4, -0.2) is 111 Å². The predicted molar refractivity (Wildman–Crippen MR) is 195 cm³/mol. The lowest BCUT2D eigenvalue weighted by molar-refractivity contribution is -0.0484. The molecule has 2 bridgehead atoms. The second kappa shape index (κ2) is 12.2. The van der Waals surface area contributed by atoms with E-state index in [-0.39, 0.29) is 58.0 Å². The van der Waals surface area contributed by atoms with Crippen LogP contribution in [0, 0.1) is 29.9 Å². The van der Waals surface area contributed by atoms with Crippen molar-refractivity contribution in [3.05, 3.63) is 47.7 Å². The van der Waals surface area contributed by atoms with Gasteiger partial charge in [0.15, 0.2) is 5.82 Å². The van der Waals surface area contributed by atoms with E-state index in [0.29, 0.717) is 46.4 Å². The number of aromatic nitrogens is 4. The maximum absolute atomic E-state index is 17.8. The van der Waals surface area contributed by atoms with Gasteiger partial charge in [0.05, 0.1) is 29.7 Å². The topological polar surface area (TPSA) is 92.0 Å². The smallest absolute Gasteiger partial charge is 0.319 e. The molecule has 13 heteroatoms. The molecule has 4 atom stereocenters. The molecule has 10 rings (SSSR count). The number of ether oxygens (including phenoxy) is 2. The number of rotatable bonds is 7. The Morgan fingerprint density at radius 3 is 2.64 bits per heavy atom. The van der Waals surface area contributed by atoms with Gasteiger partial charge >= 0.3 is 6.01 Å². The third kappa shape index (κ3) is 5.16. The van der Waals surface area contributed by atoms with E-state index in [4.69, 9.17) is 31.0 Å². The zero-order valence-electron chi connectivity index (χ0n) is 29.5. The Morgan fingerprint density at radius 1 is 1.08 bits per heavy atom. The number of aryl methyl sites for hydroxylation is 1. The van der Waals surface area contributed by atoms with Gasteiger partial charge in [-0.2, -0.15) is 15.1 Å². The Bertz CT molecular complexity index is 2340. The maximum atomic E-state index is 17.8. The first kappa shape index (κ1) is 33.0. The summed E-state index contributed by atoms with van der Waals surface area (Å²) in [5.74, 6) is 2.09. The van der Waals surface area contributed by atoms with Crippen molar-refractivity contribution < 1.29 is 27.8 Å². The molecule has 5 saturated heterocycles. The van der Waals surface area contributed by atoms with Crippen LogP contribution in [0.2, 0.25) is 0 Å². The molecule has 5 aliphatic heterocycles. The van der Waals surface area contributed by atoms with Crippen LogP contribution in [0.3, 0.4) is 0 Å². The molecule has 7 heterocycles. The van der Waals surface area contributed by atoms with E-state index in [1.807, 2.05) is 6.20 Å². The average molecular weight is 724 g/mol. The molecule has 5 fully saturated rings. The van der Waals surface area contributed by atoms with Gasteiger partial charge in [-0.3, -0.25) is 14.5 Å². The number of anilines is 1. The fraction of sp³-hybridized carbons (Fsp3) is 0.475. The third-order valence-electron chi connectivity index (χ3n) is 12.4. The first-order chi connectivity index (χ1) is 25.7. The molecule has 0 amide bonds. The van der Waals surface area contributed by atoms with Gasteiger partial charge < -0.3 is 19.5 Å². The van der Waals surface area contributed by atoms with Gasteiger partial charge in [0.25, 0.3) is 0 Å². The zero-order chi connectivity index (χ0) is 36.2. The van der Waals surface area contributed by atoms with Crippen molar-refractivity contribution in [3.8, 4) is 35.2 Å². The second-order valence-electron chi connectivity index (χ2n) is 15.7. The fourth-order valence-corrected chi connectivity index (χ4v) is 10.1. The van der Waals surface area contributed by atoms with Crippen molar-refractivity contribution in [1.29, 1.82) is 0 Å². The minimum Gasteiger partial charge on any atom is -0.508 e. The minimum atomic E-state index is -0.931. The molecular weight excluding hydrogens is 683 g/mol. The van der Waals surface area contributed by atoms with E-state index in [1.54, 1.807) is 11.7 Å². The molecule has 0 spiro atoms. The molecule has 53 heavy (non-hydrogen) atoms. The summed E-state index contributed by atoms with van der Waals surface area (Å²) in [7, 11) is 1.76. The number of phenolic OH excluding ortho intramolecular Hbond substituents is 1. The summed E-state index contributed by atoms with van der Waals surface area (Å²) in [5, 5.41) is 17.5. The van der Waals surface area contributed by atoms with Gasteiger partial charge in [0.1, 0.15) is 41.2 Å². The first-order valence-corrected chi connectivity index (χ1v) is 18.6. The van der Waals surface area contributed by atoms with E-state index in [9.17, 15) is 9.50 Å². The summed E-state index contributed by atoms with van der Waals surface area (Å²) in [6.45, 7) is 5.63. The van der Waals surface area contributed by atoms with Crippen molar-refractivity contribution in [2.24, 2.45) is 13.0 Å². The van der Waals surface area contributed by atoms with Crippen LogP contribution in [-0.2, 0) is 11.8 Å². The third-order valence-corrected chi connectivity index (χ3v) is 12.4. The zero-order valence-corrected chi connectivity index (χ0v) is 29.5. The Hall–Kier alpha value is -4.64. The van der Waals surface area contributed by atoms with Crippen LogP contribution in [0.1, 0.15) is 37.7 Å². The number of phenols is 1. The molecule has 274 valence electrons. The van der Waals surface area contributed by atoms with Gasteiger partial charge in [-0.05, 0) is 61.4 Å². The van der Waals surface area contributed by atoms with E-state index < -0.39 is 23.3 Å². The molecule has 5 aromatic rings. The molecular formula is C40H40F3N7O3. The van der Waals surface area contributed by atoms with Gasteiger partial charge in [0.2, 0.25) is 0 Å². The molecule has 3 aromatic carbocycles. The van der Waals surface area contributed by atoms with Gasteiger partial charge in [-0.15, -0.1) is 6.42 Å². The monoisotopic (exact) mass is 723 g/mol. The Balaban J connectivity index is 1.18. The number of terminal acetylenes is 1. The summed E-state index contributed by atoms with van der Waals surface area (Å²) in [6.07, 6.45) is 10.8. The Kier molecular flexibility index (Phi) is 7.59. The number of alkyl halides is 1. The number of likely N-dealkylation sites (tertiary alicyclic amines) is 1. The number of benzene rings is 3. The van der Waals surface area contributed by atoms with Crippen LogP contribution >= 0.6 is 0 Å². The van der Waals surface area contributed by atoms with Crippen LogP contribution < -0.4 is 9.64 Å². The number of nitrogens with zero attached hydrogens (tertiary/aromatic N) is 7. The van der Waals surface area contributed by atoms with E-state index in [1.165, 1.54) is 24.3 Å². The average Bonchev–Trinajstić information content (AvgIpc) is 3.84. The fourth-order valence-electron chi connectivity index (χ4n) is 10.1. The summed E-state index contributed by atoms with van der Waals surface area (Å²) in [4.78, 5) is 16.9. The Morgan fingerprint density at radius 2 is 1.89 bits per heavy atom. The highest BCUT2D eigenvalue weighted by atomic mass is 19.1. The largest absolute Gasteiger partial charge is 0.508 e. The normalized spacial score (nSPS) is 26.2. The predicted octanol–water partition coefficient (Wildman–Crippen LogP) is 5.56. The molecule has 0 radical (unpaired) electrons. The number of fused-ring (bicyclic) bond motifs is 7. The lowest BCUT2D eigenvalue weighted by Crippen LogP contribution is -2.56. The van der Waals surface area contributed by atoms with Crippen molar-refractivity contribution in [1.82, 2.24) is 29.5 Å². The molecule has 5 aliphatic rings. The maximum Gasteiger partial charge on any atom is 0.319 e. The standard InChI is InChI=1S/C40H40F3N7O3/c1-3-28-31(42)8-5-23-11-27(51)12-29(32(23)28)33-35(43)37-34(30-18-47(2)46-36(30)33)38(50-25-6-7-26(50)17-48(16-25)14-22-19-52-20-22)45-39(44-37)53-21-40-9-4-10-49(40)15-24(41)13-40/h1,5,8,11-12,18,22,24-26,51H,4,6-7,9-10,13-17,19-21H2,2H3/t24-,25-,26+,40+/m1/s1. The minimum absolute atomic E-state index is 0.0219. The molecule has 0 aliphatic carbocycles. The highest BCUT2D eigenvalue weighted by Gasteiger charge is 2.50. The van der Waals surface area contributed by atoms with Crippen molar-refractivity contribution >= 4 is 38.4 Å². The number of hydrogen-bond acceptors (Lipinski definition) is 9. The van der Waals surface area contributed by atoms with Crippen LogP contribution in [0.4, 0.5) is 19.0 Å². The van der Waals surface area contributed by atoms with Crippen molar-refractivity contribution in [3.63, 3.8) is 0 Å².